The van der Waals surface area contributed by atoms with Crippen LogP contribution in [0.15, 0.2) is 60.8 Å². The summed E-state index contributed by atoms with van der Waals surface area (Å²) in [7, 11) is 3.29. The number of fused-ring (bicyclic) bond motifs is 1. The number of carbonyl (C=O) groups excluding carboxylic acids is 1. The van der Waals surface area contributed by atoms with Gasteiger partial charge < -0.3 is 15.5 Å². The summed E-state index contributed by atoms with van der Waals surface area (Å²) in [5.74, 6) is -0.823. The first-order valence-corrected chi connectivity index (χ1v) is 11.2. The van der Waals surface area contributed by atoms with E-state index < -0.39 is 5.82 Å². The van der Waals surface area contributed by atoms with E-state index >= 15 is 0 Å². The second-order valence-corrected chi connectivity index (χ2v) is 8.61. The lowest BCUT2D eigenvalue weighted by Crippen LogP contribution is -2.22. The Bertz CT molecular complexity index is 1570. The first kappa shape index (κ1) is 24.5. The zero-order chi connectivity index (χ0) is 25.8. The van der Waals surface area contributed by atoms with E-state index in [-0.39, 0.29) is 16.5 Å². The molecule has 0 unspecified atom stereocenters. The molecule has 9 heteroatoms. The lowest BCUT2D eigenvalue weighted by molar-refractivity contribution is 0.0829. The average molecular weight is 499 g/mol. The second-order valence-electron chi connectivity index (χ2n) is 8.20. The lowest BCUT2D eigenvalue weighted by Gasteiger charge is -2.18. The number of aromatic nitrogens is 1. The maximum Gasteiger partial charge on any atom is 0.255 e. The molecule has 3 aromatic carbocycles. The van der Waals surface area contributed by atoms with Crippen LogP contribution in [0.4, 0.5) is 21.5 Å². The van der Waals surface area contributed by atoms with Gasteiger partial charge in [-0.15, -0.1) is 0 Å². The van der Waals surface area contributed by atoms with E-state index in [1.807, 2.05) is 6.07 Å². The fourth-order valence-corrected chi connectivity index (χ4v) is 3.88. The number of carbonyl (C=O) groups is 1. The second kappa shape index (κ2) is 10.3. The maximum absolute atomic E-state index is 13.7. The van der Waals surface area contributed by atoms with Crippen LogP contribution >= 0.6 is 11.6 Å². The van der Waals surface area contributed by atoms with Crippen LogP contribution in [0.2, 0.25) is 5.02 Å². The van der Waals surface area contributed by atoms with Gasteiger partial charge in [-0.25, -0.2) is 4.39 Å². The van der Waals surface area contributed by atoms with Crippen LogP contribution in [0.3, 0.4) is 0 Å². The number of anilines is 3. The van der Waals surface area contributed by atoms with Crippen LogP contribution in [-0.4, -0.2) is 29.9 Å². The van der Waals surface area contributed by atoms with Crippen molar-refractivity contribution in [2.24, 2.45) is 0 Å². The number of halogens is 2. The summed E-state index contributed by atoms with van der Waals surface area (Å²) in [6.45, 7) is 0.401. The fraction of sp³-hybridized carbons (Fsp3) is 0.111. The molecule has 178 valence electrons. The highest BCUT2D eigenvalue weighted by molar-refractivity contribution is 6.31. The zero-order valence-corrected chi connectivity index (χ0v) is 20.2. The monoisotopic (exact) mass is 498 g/mol. The average Bonchev–Trinajstić information content (AvgIpc) is 2.89. The Hall–Kier alpha value is -4.66. The quantitative estimate of drug-likeness (QED) is 0.346. The Morgan fingerprint density at radius 1 is 1.08 bits per heavy atom. The topological polar surface area (TPSA) is 105 Å². The largest absolute Gasteiger partial charge is 0.381 e. The fourth-order valence-electron chi connectivity index (χ4n) is 3.70. The van der Waals surface area contributed by atoms with Gasteiger partial charge in [0.1, 0.15) is 11.9 Å². The van der Waals surface area contributed by atoms with Gasteiger partial charge in [0.25, 0.3) is 5.91 Å². The van der Waals surface area contributed by atoms with Gasteiger partial charge in [-0.1, -0.05) is 23.7 Å². The van der Waals surface area contributed by atoms with Gasteiger partial charge in [0.2, 0.25) is 0 Å². The minimum absolute atomic E-state index is 0.0673. The van der Waals surface area contributed by atoms with Crippen molar-refractivity contribution < 1.29 is 9.18 Å². The first-order chi connectivity index (χ1) is 17.3. The molecule has 1 aromatic heterocycles. The lowest BCUT2D eigenvalue weighted by atomic mass is 10.0. The Balaban J connectivity index is 1.85. The number of pyridine rings is 1. The molecule has 1 amide bonds. The Labute approximate surface area is 212 Å². The van der Waals surface area contributed by atoms with Gasteiger partial charge >= 0.3 is 0 Å². The molecule has 36 heavy (non-hydrogen) atoms. The normalized spacial score (nSPS) is 10.4. The van der Waals surface area contributed by atoms with E-state index in [9.17, 15) is 14.4 Å². The SMILES string of the molecule is CN(C)C(=O)c1cc(NCc2cccc(C#N)c2)cc2c(Nc3ccc(F)c(Cl)c3)c(C#N)cnc12. The number of hydrogen-bond acceptors (Lipinski definition) is 6. The van der Waals surface area contributed by atoms with Crippen molar-refractivity contribution in [3.63, 3.8) is 0 Å². The van der Waals surface area contributed by atoms with Crippen molar-refractivity contribution in [1.29, 1.82) is 10.5 Å². The van der Waals surface area contributed by atoms with Crippen LogP contribution in [0, 0.1) is 28.5 Å². The summed E-state index contributed by atoms with van der Waals surface area (Å²) in [6.07, 6.45) is 1.39. The molecule has 4 aromatic rings. The highest BCUT2D eigenvalue weighted by Gasteiger charge is 2.19. The molecule has 4 rings (SSSR count). The van der Waals surface area contributed by atoms with Gasteiger partial charge in [-0.3, -0.25) is 9.78 Å². The van der Waals surface area contributed by atoms with E-state index in [0.29, 0.717) is 45.6 Å². The third-order valence-electron chi connectivity index (χ3n) is 5.47. The van der Waals surface area contributed by atoms with Crippen LogP contribution in [0.1, 0.15) is 27.0 Å². The maximum atomic E-state index is 13.7. The molecule has 7 nitrogen and oxygen atoms in total. The molecule has 0 atom stereocenters. The molecule has 0 aliphatic carbocycles. The van der Waals surface area contributed by atoms with Gasteiger partial charge in [0.05, 0.1) is 39.0 Å². The van der Waals surface area contributed by atoms with E-state index in [4.69, 9.17) is 16.9 Å². The molecule has 0 fully saturated rings. The minimum Gasteiger partial charge on any atom is -0.381 e. The van der Waals surface area contributed by atoms with Gasteiger partial charge in [-0.2, -0.15) is 10.5 Å². The molecule has 0 saturated heterocycles. The summed E-state index contributed by atoms with van der Waals surface area (Å²) in [4.78, 5) is 18.9. The molecule has 0 bridgehead atoms. The van der Waals surface area contributed by atoms with Crippen LogP contribution in [0.5, 0.6) is 0 Å². The van der Waals surface area contributed by atoms with E-state index in [1.165, 1.54) is 29.3 Å². The predicted octanol–water partition coefficient (Wildman–Crippen LogP) is 5.83. The van der Waals surface area contributed by atoms with Crippen LogP contribution in [0.25, 0.3) is 10.9 Å². The number of nitrogens with one attached hydrogen (secondary N) is 2. The molecule has 2 N–H and O–H groups in total. The third-order valence-corrected chi connectivity index (χ3v) is 5.76. The van der Waals surface area contributed by atoms with E-state index in [2.05, 4.69) is 27.8 Å². The molecular weight excluding hydrogens is 479 g/mol. The van der Waals surface area contributed by atoms with Crippen molar-refractivity contribution in [2.45, 2.75) is 6.54 Å². The molecule has 1 heterocycles. The highest BCUT2D eigenvalue weighted by Crippen LogP contribution is 2.34. The smallest absolute Gasteiger partial charge is 0.255 e. The summed E-state index contributed by atoms with van der Waals surface area (Å²) in [5, 5.41) is 25.8. The molecule has 0 saturated carbocycles. The van der Waals surface area contributed by atoms with Crippen molar-refractivity contribution in [3.05, 3.63) is 93.9 Å². The molecule has 0 radical (unpaired) electrons. The summed E-state index contributed by atoms with van der Waals surface area (Å²) < 4.78 is 13.7. The third kappa shape index (κ3) is 5.05. The summed E-state index contributed by atoms with van der Waals surface area (Å²) >= 11 is 5.95. The van der Waals surface area contributed by atoms with E-state index in [1.54, 1.807) is 44.4 Å². The zero-order valence-electron chi connectivity index (χ0n) is 19.4. The van der Waals surface area contributed by atoms with Gasteiger partial charge in [-0.05, 0) is 48.0 Å². The number of hydrogen-bond donors (Lipinski definition) is 2. The minimum atomic E-state index is -0.562. The van der Waals surface area contributed by atoms with Crippen LogP contribution < -0.4 is 10.6 Å². The predicted molar refractivity (Wildman–Crippen MR) is 138 cm³/mol. The molecule has 0 aliphatic rings. The van der Waals surface area contributed by atoms with Gasteiger partial charge in [0.15, 0.2) is 0 Å². The van der Waals surface area contributed by atoms with Crippen molar-refractivity contribution in [3.8, 4) is 12.1 Å². The number of amides is 1. The number of benzene rings is 3. The van der Waals surface area contributed by atoms with Crippen molar-refractivity contribution >= 4 is 45.5 Å². The number of nitrogens with zero attached hydrogens (tertiary/aromatic N) is 4. The Morgan fingerprint density at radius 2 is 1.89 bits per heavy atom. The Kier molecular flexibility index (Phi) is 7.00. The highest BCUT2D eigenvalue weighted by atomic mass is 35.5. The summed E-state index contributed by atoms with van der Waals surface area (Å²) in [5.41, 5.74) is 3.92. The van der Waals surface area contributed by atoms with Crippen molar-refractivity contribution in [1.82, 2.24) is 9.88 Å². The first-order valence-electron chi connectivity index (χ1n) is 10.8. The van der Waals surface area contributed by atoms with Crippen molar-refractivity contribution in [2.75, 3.05) is 24.7 Å². The molecule has 0 aliphatic heterocycles. The standard InChI is InChI=1S/C27H20ClFN6O/c1-35(2)27(36)22-10-20(32-14-17-5-3-4-16(8-17)12-30)9-21-25(18(13-31)15-33-26(21)22)34-19-6-7-24(29)23(28)11-19/h3-11,15,32H,14H2,1-2H3,(H,33,34). The molecule has 0 spiro atoms. The van der Waals surface area contributed by atoms with Crippen LogP contribution in [-0.2, 0) is 6.54 Å². The van der Waals surface area contributed by atoms with Gasteiger partial charge in [0, 0.05) is 43.6 Å². The Morgan fingerprint density at radius 3 is 2.58 bits per heavy atom. The van der Waals surface area contributed by atoms with E-state index in [0.717, 1.165) is 5.56 Å². The number of rotatable bonds is 6. The summed E-state index contributed by atoms with van der Waals surface area (Å²) in [6, 6.07) is 19.1. The molecular formula is C27H20ClFN6O. The number of nitriles is 2.